The molecule has 0 unspecified atom stereocenters. The largest absolute Gasteiger partial charge is 0.484 e. The minimum Gasteiger partial charge on any atom is -0.484 e. The highest BCUT2D eigenvalue weighted by Gasteiger charge is 2.15. The first-order valence-corrected chi connectivity index (χ1v) is 5.86. The van der Waals surface area contributed by atoms with Crippen molar-refractivity contribution >= 4 is 5.69 Å². The van der Waals surface area contributed by atoms with E-state index < -0.39 is 4.92 Å². The topological polar surface area (TPSA) is 96.8 Å². The van der Waals surface area contributed by atoms with E-state index in [0.29, 0.717) is 25.4 Å². The Hall–Kier alpha value is -1.70. The maximum Gasteiger partial charge on any atom is 0.311 e. The maximum absolute atomic E-state index is 10.9. The Morgan fingerprint density at radius 1 is 1.26 bits per heavy atom. The zero-order chi connectivity index (χ0) is 14.1. The van der Waals surface area contributed by atoms with Crippen LogP contribution in [0.2, 0.25) is 0 Å². The molecule has 0 heterocycles. The van der Waals surface area contributed by atoms with Gasteiger partial charge in [-0.3, -0.25) is 10.1 Å². The molecule has 7 nitrogen and oxygen atoms in total. The number of hydrogen-bond donors (Lipinski definition) is 1. The van der Waals surface area contributed by atoms with Crippen LogP contribution >= 0.6 is 0 Å². The number of nitrogens with two attached hydrogens (primary N) is 1. The van der Waals surface area contributed by atoms with E-state index in [1.54, 1.807) is 19.2 Å². The van der Waals surface area contributed by atoms with Crippen molar-refractivity contribution in [3.8, 4) is 5.75 Å². The van der Waals surface area contributed by atoms with Gasteiger partial charge < -0.3 is 19.9 Å². The third-order valence-electron chi connectivity index (χ3n) is 2.37. The van der Waals surface area contributed by atoms with Crippen molar-refractivity contribution in [2.75, 3.05) is 33.5 Å². The SMILES string of the molecule is COCCOCCOc1ccc(CN)cc1[N+](=O)[O-]. The highest BCUT2D eigenvalue weighted by Crippen LogP contribution is 2.27. The lowest BCUT2D eigenvalue weighted by molar-refractivity contribution is -0.385. The summed E-state index contributed by atoms with van der Waals surface area (Å²) in [4.78, 5) is 10.4. The number of benzene rings is 1. The predicted molar refractivity (Wildman–Crippen MR) is 69.2 cm³/mol. The molecule has 0 radical (unpaired) electrons. The van der Waals surface area contributed by atoms with Gasteiger partial charge in [0.15, 0.2) is 5.75 Å². The van der Waals surface area contributed by atoms with Crippen LogP contribution in [-0.4, -0.2) is 38.5 Å². The lowest BCUT2D eigenvalue weighted by Crippen LogP contribution is -2.11. The van der Waals surface area contributed by atoms with E-state index in [-0.39, 0.29) is 24.6 Å². The third-order valence-corrected chi connectivity index (χ3v) is 2.37. The van der Waals surface area contributed by atoms with Crippen molar-refractivity contribution in [3.05, 3.63) is 33.9 Å². The average Bonchev–Trinajstić information content (AvgIpc) is 2.42. The van der Waals surface area contributed by atoms with Crippen LogP contribution in [0.15, 0.2) is 18.2 Å². The van der Waals surface area contributed by atoms with E-state index in [4.69, 9.17) is 19.9 Å². The van der Waals surface area contributed by atoms with Crippen LogP contribution in [0.5, 0.6) is 5.75 Å². The highest BCUT2D eigenvalue weighted by atomic mass is 16.6. The molecule has 0 spiro atoms. The molecule has 2 N–H and O–H groups in total. The van der Waals surface area contributed by atoms with Gasteiger partial charge in [0.25, 0.3) is 0 Å². The van der Waals surface area contributed by atoms with Crippen LogP contribution in [0.4, 0.5) is 5.69 Å². The monoisotopic (exact) mass is 270 g/mol. The molecule has 0 amide bonds. The zero-order valence-corrected chi connectivity index (χ0v) is 10.8. The van der Waals surface area contributed by atoms with E-state index in [0.717, 1.165) is 0 Å². The molecule has 0 fully saturated rings. The summed E-state index contributed by atoms with van der Waals surface area (Å²) in [6.07, 6.45) is 0. The Labute approximate surface area is 111 Å². The molecule has 0 aliphatic rings. The van der Waals surface area contributed by atoms with Crippen molar-refractivity contribution < 1.29 is 19.1 Å². The first-order valence-electron chi connectivity index (χ1n) is 5.86. The van der Waals surface area contributed by atoms with Gasteiger partial charge in [-0.15, -0.1) is 0 Å². The number of hydrogen-bond acceptors (Lipinski definition) is 6. The van der Waals surface area contributed by atoms with E-state index in [9.17, 15) is 10.1 Å². The minimum absolute atomic E-state index is 0.0835. The summed E-state index contributed by atoms with van der Waals surface area (Å²) in [5, 5.41) is 10.9. The number of ether oxygens (including phenoxy) is 3. The smallest absolute Gasteiger partial charge is 0.311 e. The molecule has 1 rings (SSSR count). The number of nitrogens with zero attached hydrogens (tertiary/aromatic N) is 1. The highest BCUT2D eigenvalue weighted by molar-refractivity contribution is 5.48. The van der Waals surface area contributed by atoms with Crippen molar-refractivity contribution in [1.82, 2.24) is 0 Å². The van der Waals surface area contributed by atoms with Gasteiger partial charge in [-0.1, -0.05) is 6.07 Å². The fourth-order valence-corrected chi connectivity index (χ4v) is 1.41. The van der Waals surface area contributed by atoms with E-state index >= 15 is 0 Å². The van der Waals surface area contributed by atoms with Gasteiger partial charge in [0.05, 0.1) is 24.7 Å². The van der Waals surface area contributed by atoms with Gasteiger partial charge in [-0.25, -0.2) is 0 Å². The van der Waals surface area contributed by atoms with Crippen LogP contribution in [0.3, 0.4) is 0 Å². The van der Waals surface area contributed by atoms with Gasteiger partial charge in [0.1, 0.15) is 6.61 Å². The molecule has 0 aliphatic heterocycles. The maximum atomic E-state index is 10.9. The third kappa shape index (κ3) is 5.21. The summed E-state index contributed by atoms with van der Waals surface area (Å²) in [6, 6.07) is 4.67. The van der Waals surface area contributed by atoms with Gasteiger partial charge in [0.2, 0.25) is 0 Å². The van der Waals surface area contributed by atoms with E-state index in [2.05, 4.69) is 0 Å². The first-order chi connectivity index (χ1) is 9.19. The summed E-state index contributed by atoms with van der Waals surface area (Å²) in [6.45, 7) is 1.81. The lowest BCUT2D eigenvalue weighted by Gasteiger charge is -2.08. The molecule has 0 bridgehead atoms. The summed E-state index contributed by atoms with van der Waals surface area (Å²) < 4.78 is 15.3. The fraction of sp³-hybridized carbons (Fsp3) is 0.500. The molecule has 1 aromatic rings. The Morgan fingerprint density at radius 2 is 2.00 bits per heavy atom. The van der Waals surface area contributed by atoms with Crippen LogP contribution in [-0.2, 0) is 16.0 Å². The summed E-state index contributed by atoms with van der Waals surface area (Å²) in [5.41, 5.74) is 6.05. The van der Waals surface area contributed by atoms with E-state index in [1.165, 1.54) is 6.07 Å². The molecule has 7 heteroatoms. The Morgan fingerprint density at radius 3 is 2.63 bits per heavy atom. The quantitative estimate of drug-likeness (QED) is 0.410. The minimum atomic E-state index is -0.486. The van der Waals surface area contributed by atoms with Crippen LogP contribution in [0.25, 0.3) is 0 Å². The molecule has 19 heavy (non-hydrogen) atoms. The number of methoxy groups -OCH3 is 1. The van der Waals surface area contributed by atoms with Gasteiger partial charge in [-0.2, -0.15) is 0 Å². The van der Waals surface area contributed by atoms with Crippen molar-refractivity contribution in [1.29, 1.82) is 0 Å². The second-order valence-corrected chi connectivity index (χ2v) is 3.72. The van der Waals surface area contributed by atoms with Gasteiger partial charge in [0, 0.05) is 19.7 Å². The second-order valence-electron chi connectivity index (χ2n) is 3.72. The molecule has 0 aliphatic carbocycles. The molecule has 0 saturated carbocycles. The second kappa shape index (κ2) is 8.41. The van der Waals surface area contributed by atoms with E-state index in [1.807, 2.05) is 0 Å². The Kier molecular flexibility index (Phi) is 6.80. The lowest BCUT2D eigenvalue weighted by atomic mass is 10.2. The van der Waals surface area contributed by atoms with Crippen molar-refractivity contribution in [2.24, 2.45) is 5.73 Å². The van der Waals surface area contributed by atoms with Crippen LogP contribution < -0.4 is 10.5 Å². The predicted octanol–water partition coefficient (Wildman–Crippen LogP) is 1.10. The van der Waals surface area contributed by atoms with Crippen molar-refractivity contribution in [2.45, 2.75) is 6.54 Å². The van der Waals surface area contributed by atoms with Crippen molar-refractivity contribution in [3.63, 3.8) is 0 Å². The summed E-state index contributed by atoms with van der Waals surface area (Å²) in [5.74, 6) is 0.220. The molecule has 0 atom stereocenters. The Bertz CT molecular complexity index is 411. The van der Waals surface area contributed by atoms with Crippen LogP contribution in [0.1, 0.15) is 5.56 Å². The molecule has 1 aromatic carbocycles. The number of nitro groups is 1. The molecular formula is C12H18N2O5. The fourth-order valence-electron chi connectivity index (χ4n) is 1.41. The normalized spacial score (nSPS) is 10.4. The average molecular weight is 270 g/mol. The number of nitro benzene ring substituents is 1. The molecular weight excluding hydrogens is 252 g/mol. The first kappa shape index (κ1) is 15.4. The molecule has 0 saturated heterocycles. The molecule has 0 aromatic heterocycles. The van der Waals surface area contributed by atoms with Crippen LogP contribution in [0, 0.1) is 10.1 Å². The zero-order valence-electron chi connectivity index (χ0n) is 10.8. The number of rotatable bonds is 9. The van der Waals surface area contributed by atoms with Gasteiger partial charge in [-0.05, 0) is 11.6 Å². The molecule has 106 valence electrons. The summed E-state index contributed by atoms with van der Waals surface area (Å²) in [7, 11) is 1.59. The standard InChI is InChI=1S/C12H18N2O5/c1-17-4-5-18-6-7-19-12-3-2-10(9-13)8-11(12)14(15)16/h2-3,8H,4-7,9,13H2,1H3. The van der Waals surface area contributed by atoms with Gasteiger partial charge >= 0.3 is 5.69 Å². The summed E-state index contributed by atoms with van der Waals surface area (Å²) >= 11 is 0. The Balaban J connectivity index is 2.50.